The van der Waals surface area contributed by atoms with Gasteiger partial charge in [0.1, 0.15) is 0 Å². The summed E-state index contributed by atoms with van der Waals surface area (Å²) in [5.74, 6) is 0. The minimum Gasteiger partial charge on any atom is -0.390 e. The number of aliphatic hydroxyl groups is 1. The van der Waals surface area contributed by atoms with E-state index in [9.17, 15) is 0 Å². The highest BCUT2D eigenvalue weighted by atomic mass is 16.3. The molecule has 0 spiro atoms. The average Bonchev–Trinajstić information content (AvgIpc) is 2.14. The Bertz CT molecular complexity index is 123. The molecule has 7 heavy (non-hydrogen) atoms. The van der Waals surface area contributed by atoms with Gasteiger partial charge in [0.05, 0.1) is 6.61 Å². The van der Waals surface area contributed by atoms with Crippen molar-refractivity contribution in [1.29, 1.82) is 0 Å². The number of nitrogens with one attached hydrogen (secondary N) is 1. The molecular weight excluding hydrogens is 91.1 g/mol. The van der Waals surface area contributed by atoms with Crippen molar-refractivity contribution < 1.29 is 5.11 Å². The molecule has 2 nitrogen and oxygen atoms in total. The summed E-state index contributed by atoms with van der Waals surface area (Å²) in [5.41, 5.74) is 0.861. The molecule has 1 aromatic rings. The first kappa shape index (κ1) is 4.40. The maximum atomic E-state index is 8.40. The van der Waals surface area contributed by atoms with Crippen molar-refractivity contribution in [1.82, 2.24) is 4.98 Å². The molecule has 0 aliphatic carbocycles. The molecule has 0 aliphatic heterocycles. The van der Waals surface area contributed by atoms with Crippen LogP contribution in [0.2, 0.25) is 0 Å². The van der Waals surface area contributed by atoms with Gasteiger partial charge in [0.15, 0.2) is 0 Å². The molecule has 2 N–H and O–H groups in total. The van der Waals surface area contributed by atoms with Crippen LogP contribution in [0.5, 0.6) is 0 Å². The maximum absolute atomic E-state index is 8.40. The lowest BCUT2D eigenvalue weighted by Crippen LogP contribution is -1.77. The molecule has 0 amide bonds. The SMILES string of the molecule is OCc1ccc[15nH]1. The number of H-pyrrole nitrogens is 1. The Hall–Kier alpha value is -0.760. The van der Waals surface area contributed by atoms with E-state index in [1.165, 1.54) is 0 Å². The van der Waals surface area contributed by atoms with E-state index >= 15 is 0 Å². The van der Waals surface area contributed by atoms with Gasteiger partial charge in [-0.15, -0.1) is 0 Å². The van der Waals surface area contributed by atoms with Crippen LogP contribution in [0.25, 0.3) is 0 Å². The second-order valence-electron chi connectivity index (χ2n) is 1.35. The number of hydrogen-bond acceptors (Lipinski definition) is 1. The topological polar surface area (TPSA) is 36.0 Å². The molecule has 1 aromatic heterocycles. The van der Waals surface area contributed by atoms with Crippen LogP contribution in [0.4, 0.5) is 0 Å². The number of hydrogen-bond donors (Lipinski definition) is 2. The quantitative estimate of drug-likeness (QED) is 0.527. The average molecular weight is 98.1 g/mol. The van der Waals surface area contributed by atoms with Crippen molar-refractivity contribution in [2.45, 2.75) is 6.61 Å². The zero-order valence-corrected chi connectivity index (χ0v) is 3.89. The maximum Gasteiger partial charge on any atom is 0.0830 e. The normalized spacial score (nSPS) is 9.29. The van der Waals surface area contributed by atoms with Gasteiger partial charge in [-0.3, -0.25) is 0 Å². The van der Waals surface area contributed by atoms with Crippen LogP contribution in [0.1, 0.15) is 5.69 Å². The molecule has 0 aliphatic rings. The summed E-state index contributed by atoms with van der Waals surface area (Å²) in [7, 11) is 0. The van der Waals surface area contributed by atoms with E-state index in [1.54, 1.807) is 6.20 Å². The van der Waals surface area contributed by atoms with Gasteiger partial charge in [-0.05, 0) is 12.1 Å². The second kappa shape index (κ2) is 1.80. The minimum absolute atomic E-state index is 0.104. The first-order valence-electron chi connectivity index (χ1n) is 2.16. The molecule has 0 atom stereocenters. The van der Waals surface area contributed by atoms with Crippen molar-refractivity contribution >= 4 is 0 Å². The number of rotatable bonds is 1. The van der Waals surface area contributed by atoms with Crippen LogP contribution < -0.4 is 0 Å². The van der Waals surface area contributed by atoms with E-state index in [-0.39, 0.29) is 6.61 Å². The lowest BCUT2D eigenvalue weighted by Gasteiger charge is -1.81. The van der Waals surface area contributed by atoms with Crippen LogP contribution >= 0.6 is 0 Å². The predicted octanol–water partition coefficient (Wildman–Crippen LogP) is 0.507. The first-order valence-corrected chi connectivity index (χ1v) is 2.16. The molecule has 38 valence electrons. The highest BCUT2D eigenvalue weighted by Gasteiger charge is 1.82. The number of aliphatic hydroxyl groups excluding tert-OH is 1. The Morgan fingerprint density at radius 1 is 1.71 bits per heavy atom. The molecule has 0 fully saturated rings. The fourth-order valence-electron chi connectivity index (χ4n) is 0.466. The minimum atomic E-state index is 0.104. The summed E-state index contributed by atoms with van der Waals surface area (Å²) in [6, 6.07) is 3.69. The third kappa shape index (κ3) is 0.810. The second-order valence-corrected chi connectivity index (χ2v) is 1.35. The van der Waals surface area contributed by atoms with E-state index in [4.69, 9.17) is 5.11 Å². The van der Waals surface area contributed by atoms with Gasteiger partial charge in [0, 0.05) is 11.9 Å². The molecule has 0 bridgehead atoms. The lowest BCUT2D eigenvalue weighted by molar-refractivity contribution is 0.277. The summed E-state index contributed by atoms with van der Waals surface area (Å²) in [6.45, 7) is 0.104. The molecule has 1 rings (SSSR count). The van der Waals surface area contributed by atoms with Crippen molar-refractivity contribution in [3.8, 4) is 0 Å². The summed E-state index contributed by atoms with van der Waals surface area (Å²) >= 11 is 0. The Morgan fingerprint density at radius 3 is 2.86 bits per heavy atom. The van der Waals surface area contributed by atoms with Gasteiger partial charge >= 0.3 is 0 Å². The number of aromatic amines is 1. The zero-order valence-electron chi connectivity index (χ0n) is 3.89. The van der Waals surface area contributed by atoms with Gasteiger partial charge in [0.25, 0.3) is 0 Å². The standard InChI is InChI=1S/C5H7NO/c7-4-5-2-1-3-6-5/h1-3,6-7H,4H2/i6+1. The van der Waals surface area contributed by atoms with E-state index in [1.807, 2.05) is 12.1 Å². The van der Waals surface area contributed by atoms with Crippen molar-refractivity contribution in [2.75, 3.05) is 0 Å². The Kier molecular flexibility index (Phi) is 1.13. The third-order valence-corrected chi connectivity index (χ3v) is 0.833. The fourth-order valence-corrected chi connectivity index (χ4v) is 0.466. The smallest absolute Gasteiger partial charge is 0.0830 e. The van der Waals surface area contributed by atoms with Crippen LogP contribution in [0, 0.1) is 0 Å². The summed E-state index contributed by atoms with van der Waals surface area (Å²) in [4.78, 5) is 2.84. The lowest BCUT2D eigenvalue weighted by atomic mass is 10.5. The van der Waals surface area contributed by atoms with Gasteiger partial charge < -0.3 is 10.1 Å². The molecule has 0 saturated carbocycles. The molecule has 0 radical (unpaired) electrons. The van der Waals surface area contributed by atoms with Crippen LogP contribution in [0.3, 0.4) is 0 Å². The first-order chi connectivity index (χ1) is 3.43. The zero-order chi connectivity index (χ0) is 5.11. The summed E-state index contributed by atoms with van der Waals surface area (Å²) < 4.78 is 0. The van der Waals surface area contributed by atoms with Crippen molar-refractivity contribution in [2.24, 2.45) is 0 Å². The van der Waals surface area contributed by atoms with E-state index in [0.29, 0.717) is 0 Å². The highest BCUT2D eigenvalue weighted by molar-refractivity contribution is 5.01. The molecular formula is C5H7NO. The van der Waals surface area contributed by atoms with Crippen LogP contribution in [-0.4, -0.2) is 10.1 Å². The molecule has 0 saturated heterocycles. The highest BCUT2D eigenvalue weighted by Crippen LogP contribution is 1.90. The van der Waals surface area contributed by atoms with E-state index in [2.05, 4.69) is 4.98 Å². The third-order valence-electron chi connectivity index (χ3n) is 0.833. The Morgan fingerprint density at radius 2 is 2.57 bits per heavy atom. The van der Waals surface area contributed by atoms with Gasteiger partial charge in [-0.2, -0.15) is 0 Å². The van der Waals surface area contributed by atoms with Gasteiger partial charge in [-0.1, -0.05) is 0 Å². The fraction of sp³-hybridized carbons (Fsp3) is 0.200. The molecule has 1 heterocycles. The van der Waals surface area contributed by atoms with Crippen LogP contribution in [0.15, 0.2) is 18.3 Å². The summed E-state index contributed by atoms with van der Waals surface area (Å²) in [6.07, 6.45) is 1.78. The molecule has 0 unspecified atom stereocenters. The van der Waals surface area contributed by atoms with E-state index in [0.717, 1.165) is 5.69 Å². The largest absolute Gasteiger partial charge is 0.390 e. The van der Waals surface area contributed by atoms with Crippen molar-refractivity contribution in [3.05, 3.63) is 24.0 Å². The Labute approximate surface area is 41.8 Å². The predicted molar refractivity (Wildman–Crippen MR) is 26.7 cm³/mol. The van der Waals surface area contributed by atoms with Gasteiger partial charge in [-0.25, -0.2) is 0 Å². The molecule has 0 aromatic carbocycles. The van der Waals surface area contributed by atoms with E-state index < -0.39 is 0 Å². The van der Waals surface area contributed by atoms with Gasteiger partial charge in [0.2, 0.25) is 0 Å². The molecule has 2 heteroatoms. The monoisotopic (exact) mass is 98.0 g/mol. The number of aromatic nitrogens is 1. The summed E-state index contributed by atoms with van der Waals surface area (Å²) in [5, 5.41) is 8.40. The van der Waals surface area contributed by atoms with Crippen LogP contribution in [-0.2, 0) is 6.61 Å². The Balaban J connectivity index is 2.76. The van der Waals surface area contributed by atoms with Crippen molar-refractivity contribution in [3.63, 3.8) is 0 Å².